The van der Waals surface area contributed by atoms with Crippen molar-refractivity contribution in [3.63, 3.8) is 0 Å². The van der Waals surface area contributed by atoms with E-state index in [0.29, 0.717) is 5.75 Å². The molecule has 0 unspecified atom stereocenters. The van der Waals surface area contributed by atoms with Gasteiger partial charge in [0.1, 0.15) is 6.20 Å². The first-order valence-corrected chi connectivity index (χ1v) is 4.02. The number of nitrogens with zero attached hydrogens (tertiary/aromatic N) is 2. The van der Waals surface area contributed by atoms with Crippen LogP contribution in [0.4, 0.5) is 5.69 Å². The first-order chi connectivity index (χ1) is 6.27. The van der Waals surface area contributed by atoms with Crippen molar-refractivity contribution >= 4 is 5.69 Å². The number of hydrogen-bond acceptors (Lipinski definition) is 4. The van der Waals surface area contributed by atoms with Crippen LogP contribution in [0.3, 0.4) is 0 Å². The zero-order valence-electron chi connectivity index (χ0n) is 6.84. The molecule has 0 spiro atoms. The number of ether oxygens (including phenoxy) is 1. The zero-order valence-corrected chi connectivity index (χ0v) is 6.84. The summed E-state index contributed by atoms with van der Waals surface area (Å²) < 4.78 is 5.34. The molecule has 1 aliphatic rings. The summed E-state index contributed by atoms with van der Waals surface area (Å²) in [5.74, 6) is 0.322. The molecule has 0 radical (unpaired) electrons. The van der Waals surface area contributed by atoms with Gasteiger partial charge in [0.05, 0.1) is 11.0 Å². The number of rotatable bonds is 3. The molecule has 0 atom stereocenters. The van der Waals surface area contributed by atoms with E-state index < -0.39 is 4.92 Å². The Hall–Kier alpha value is -1.65. The highest BCUT2D eigenvalue weighted by atomic mass is 16.6. The fraction of sp³-hybridized carbons (Fsp3) is 0.375. The van der Waals surface area contributed by atoms with Crippen LogP contribution < -0.4 is 4.74 Å². The van der Waals surface area contributed by atoms with Crippen molar-refractivity contribution in [1.82, 2.24) is 4.98 Å². The second-order valence-corrected chi connectivity index (χ2v) is 2.92. The molecule has 0 amide bonds. The fourth-order valence-electron chi connectivity index (χ4n) is 0.976. The summed E-state index contributed by atoms with van der Waals surface area (Å²) in [6.07, 6.45) is 4.84. The van der Waals surface area contributed by atoms with Gasteiger partial charge in [0, 0.05) is 12.3 Å². The van der Waals surface area contributed by atoms with Gasteiger partial charge in [-0.3, -0.25) is 15.1 Å². The summed E-state index contributed by atoms with van der Waals surface area (Å²) in [5.41, 5.74) is -0.0607. The van der Waals surface area contributed by atoms with Crippen molar-refractivity contribution in [1.29, 1.82) is 0 Å². The van der Waals surface area contributed by atoms with Crippen molar-refractivity contribution < 1.29 is 9.66 Å². The Morgan fingerprint density at radius 3 is 3.00 bits per heavy atom. The Bertz CT molecular complexity index is 336. The molecule has 1 heterocycles. The standard InChI is InChI=1S/C8H8N2O3/c11-10(12)7-5-9-4-3-8(7)13-6-1-2-6/h3-6H,1-2H2. The average Bonchev–Trinajstić information content (AvgIpc) is 2.89. The maximum absolute atomic E-state index is 10.5. The minimum absolute atomic E-state index is 0.0607. The summed E-state index contributed by atoms with van der Waals surface area (Å²) in [6.45, 7) is 0. The third kappa shape index (κ3) is 1.74. The summed E-state index contributed by atoms with van der Waals surface area (Å²) in [7, 11) is 0. The molecule has 0 bridgehead atoms. The highest BCUT2D eigenvalue weighted by Gasteiger charge is 2.26. The highest BCUT2D eigenvalue weighted by molar-refractivity contribution is 5.43. The molecule has 5 nitrogen and oxygen atoms in total. The number of pyridine rings is 1. The Morgan fingerprint density at radius 1 is 1.62 bits per heavy atom. The predicted octanol–water partition coefficient (Wildman–Crippen LogP) is 1.53. The van der Waals surface area contributed by atoms with Gasteiger partial charge >= 0.3 is 5.69 Å². The SMILES string of the molecule is O=[N+]([O-])c1cnccc1OC1CC1. The molecule has 1 saturated carbocycles. The molecule has 0 saturated heterocycles. The van der Waals surface area contributed by atoms with E-state index in [-0.39, 0.29) is 11.8 Å². The van der Waals surface area contributed by atoms with Crippen molar-refractivity contribution in [3.05, 3.63) is 28.6 Å². The molecule has 1 aliphatic carbocycles. The molecule has 13 heavy (non-hydrogen) atoms. The van der Waals surface area contributed by atoms with Gasteiger partial charge in [-0.2, -0.15) is 0 Å². The van der Waals surface area contributed by atoms with Gasteiger partial charge in [0.15, 0.2) is 0 Å². The van der Waals surface area contributed by atoms with Crippen LogP contribution in [0.15, 0.2) is 18.5 Å². The first kappa shape index (κ1) is 7.97. The lowest BCUT2D eigenvalue weighted by Gasteiger charge is -2.02. The van der Waals surface area contributed by atoms with Crippen LogP contribution in [0.5, 0.6) is 5.75 Å². The quantitative estimate of drug-likeness (QED) is 0.522. The summed E-state index contributed by atoms with van der Waals surface area (Å²) in [5, 5.41) is 10.5. The van der Waals surface area contributed by atoms with E-state index in [2.05, 4.69) is 4.98 Å². The van der Waals surface area contributed by atoms with E-state index in [4.69, 9.17) is 4.74 Å². The highest BCUT2D eigenvalue weighted by Crippen LogP contribution is 2.32. The minimum atomic E-state index is -0.481. The summed E-state index contributed by atoms with van der Waals surface area (Å²) >= 11 is 0. The molecule has 68 valence electrons. The van der Waals surface area contributed by atoms with Crippen LogP contribution in [0.2, 0.25) is 0 Å². The molecule has 0 aromatic carbocycles. The van der Waals surface area contributed by atoms with Gasteiger partial charge in [-0.05, 0) is 12.8 Å². The van der Waals surface area contributed by atoms with Crippen LogP contribution in [0.1, 0.15) is 12.8 Å². The molecule has 0 aliphatic heterocycles. The van der Waals surface area contributed by atoms with E-state index in [1.54, 1.807) is 0 Å². The smallest absolute Gasteiger partial charge is 0.329 e. The Morgan fingerprint density at radius 2 is 2.38 bits per heavy atom. The number of nitro groups is 1. The maximum atomic E-state index is 10.5. The largest absolute Gasteiger partial charge is 0.483 e. The first-order valence-electron chi connectivity index (χ1n) is 4.02. The molecule has 1 aromatic heterocycles. The van der Waals surface area contributed by atoms with E-state index in [1.807, 2.05) is 0 Å². The van der Waals surface area contributed by atoms with Crippen LogP contribution in [-0.2, 0) is 0 Å². The van der Waals surface area contributed by atoms with Gasteiger partial charge in [0.25, 0.3) is 0 Å². The van der Waals surface area contributed by atoms with Gasteiger partial charge in [-0.25, -0.2) is 0 Å². The van der Waals surface area contributed by atoms with Gasteiger partial charge in [-0.15, -0.1) is 0 Å². The molecular formula is C8H8N2O3. The fourth-order valence-corrected chi connectivity index (χ4v) is 0.976. The number of aromatic nitrogens is 1. The van der Waals surface area contributed by atoms with Crippen LogP contribution in [0, 0.1) is 10.1 Å². The van der Waals surface area contributed by atoms with E-state index in [1.165, 1.54) is 18.5 Å². The lowest BCUT2D eigenvalue weighted by Crippen LogP contribution is -2.00. The monoisotopic (exact) mass is 180 g/mol. The second kappa shape index (κ2) is 3.01. The van der Waals surface area contributed by atoms with Crippen LogP contribution in [-0.4, -0.2) is 16.0 Å². The van der Waals surface area contributed by atoms with Crippen molar-refractivity contribution in [2.45, 2.75) is 18.9 Å². The maximum Gasteiger partial charge on any atom is 0.329 e. The Balaban J connectivity index is 2.25. The van der Waals surface area contributed by atoms with Crippen molar-refractivity contribution in [3.8, 4) is 5.75 Å². The van der Waals surface area contributed by atoms with Gasteiger partial charge < -0.3 is 4.74 Å². The molecule has 1 fully saturated rings. The Kier molecular flexibility index (Phi) is 1.84. The lowest BCUT2D eigenvalue weighted by atomic mass is 10.4. The average molecular weight is 180 g/mol. The second-order valence-electron chi connectivity index (χ2n) is 2.92. The topological polar surface area (TPSA) is 65.3 Å². The lowest BCUT2D eigenvalue weighted by molar-refractivity contribution is -0.386. The molecule has 5 heteroatoms. The zero-order chi connectivity index (χ0) is 9.26. The molecular weight excluding hydrogens is 172 g/mol. The normalized spacial score (nSPS) is 15.4. The Labute approximate surface area is 74.5 Å². The van der Waals surface area contributed by atoms with E-state index >= 15 is 0 Å². The molecule has 1 aromatic rings. The minimum Gasteiger partial charge on any atom is -0.483 e. The molecule has 0 N–H and O–H groups in total. The summed E-state index contributed by atoms with van der Waals surface area (Å²) in [4.78, 5) is 13.7. The third-order valence-electron chi connectivity index (χ3n) is 1.78. The van der Waals surface area contributed by atoms with Crippen LogP contribution >= 0.6 is 0 Å². The molecule has 2 rings (SSSR count). The van der Waals surface area contributed by atoms with Gasteiger partial charge in [0.2, 0.25) is 5.75 Å². The number of hydrogen-bond donors (Lipinski definition) is 0. The van der Waals surface area contributed by atoms with Crippen molar-refractivity contribution in [2.75, 3.05) is 0 Å². The van der Waals surface area contributed by atoms with Crippen LogP contribution in [0.25, 0.3) is 0 Å². The summed E-state index contributed by atoms with van der Waals surface area (Å²) in [6, 6.07) is 1.52. The van der Waals surface area contributed by atoms with E-state index in [9.17, 15) is 10.1 Å². The third-order valence-corrected chi connectivity index (χ3v) is 1.78. The predicted molar refractivity (Wildman–Crippen MR) is 44.5 cm³/mol. The van der Waals surface area contributed by atoms with Gasteiger partial charge in [-0.1, -0.05) is 0 Å². The van der Waals surface area contributed by atoms with E-state index in [0.717, 1.165) is 12.8 Å². The van der Waals surface area contributed by atoms with Crippen molar-refractivity contribution in [2.24, 2.45) is 0 Å².